The maximum absolute atomic E-state index is 5.83. The number of hydrogen-bond acceptors (Lipinski definition) is 2. The van der Waals surface area contributed by atoms with Crippen LogP contribution in [0.25, 0.3) is 10.6 Å². The van der Waals surface area contributed by atoms with Crippen molar-refractivity contribution in [3.63, 3.8) is 0 Å². The lowest BCUT2D eigenvalue weighted by molar-refractivity contribution is 1.41. The van der Waals surface area contributed by atoms with E-state index >= 15 is 0 Å². The first kappa shape index (κ1) is 9.00. The van der Waals surface area contributed by atoms with Gasteiger partial charge in [0.1, 0.15) is 9.34 Å². The Balaban J connectivity index is 2.46. The summed E-state index contributed by atoms with van der Waals surface area (Å²) in [5.74, 6) is 0. The predicted molar refractivity (Wildman–Crippen MR) is 56.4 cm³/mol. The topological polar surface area (TPSA) is 12.9 Å². The molecule has 0 aliphatic heterocycles. The SMILES string of the molecule is Clc1cc[c]c(-c2ncc(Cl)s2)c1. The van der Waals surface area contributed by atoms with E-state index in [1.807, 2.05) is 6.07 Å². The Hall–Kier alpha value is -0.570. The lowest BCUT2D eigenvalue weighted by Gasteiger charge is -1.94. The molecular formula is C9H4Cl2NS. The Kier molecular flexibility index (Phi) is 2.54. The summed E-state index contributed by atoms with van der Waals surface area (Å²) >= 11 is 13.0. The third-order valence-electron chi connectivity index (χ3n) is 1.47. The fourth-order valence-corrected chi connectivity index (χ4v) is 2.00. The van der Waals surface area contributed by atoms with Crippen LogP contribution in [0, 0.1) is 6.07 Å². The number of hydrogen-bond donors (Lipinski definition) is 0. The summed E-state index contributed by atoms with van der Waals surface area (Å²) in [5, 5.41) is 1.52. The highest BCUT2D eigenvalue weighted by atomic mass is 35.5. The normalized spacial score (nSPS) is 10.3. The van der Waals surface area contributed by atoms with Crippen LogP contribution in [0.2, 0.25) is 9.36 Å². The highest BCUT2D eigenvalue weighted by Gasteiger charge is 2.03. The van der Waals surface area contributed by atoms with Crippen LogP contribution in [0.1, 0.15) is 0 Å². The first-order valence-electron chi connectivity index (χ1n) is 3.54. The zero-order valence-electron chi connectivity index (χ0n) is 6.42. The Morgan fingerprint density at radius 1 is 1.38 bits per heavy atom. The highest BCUT2D eigenvalue weighted by molar-refractivity contribution is 7.18. The van der Waals surface area contributed by atoms with Gasteiger partial charge in [-0.3, -0.25) is 0 Å². The number of thiazole rings is 1. The molecule has 0 aliphatic carbocycles. The smallest absolute Gasteiger partial charge is 0.125 e. The Morgan fingerprint density at radius 3 is 2.85 bits per heavy atom. The first-order valence-corrected chi connectivity index (χ1v) is 5.12. The van der Waals surface area contributed by atoms with Gasteiger partial charge in [-0.25, -0.2) is 4.98 Å². The van der Waals surface area contributed by atoms with Gasteiger partial charge in [-0.1, -0.05) is 29.3 Å². The average Bonchev–Trinajstić information content (AvgIpc) is 2.52. The van der Waals surface area contributed by atoms with Crippen molar-refractivity contribution in [3.8, 4) is 10.6 Å². The van der Waals surface area contributed by atoms with E-state index in [0.717, 1.165) is 10.6 Å². The average molecular weight is 229 g/mol. The summed E-state index contributed by atoms with van der Waals surface area (Å²) in [6.07, 6.45) is 1.62. The van der Waals surface area contributed by atoms with E-state index in [0.29, 0.717) is 9.36 Å². The van der Waals surface area contributed by atoms with Gasteiger partial charge in [0.25, 0.3) is 0 Å². The van der Waals surface area contributed by atoms with Crippen LogP contribution < -0.4 is 0 Å². The largest absolute Gasteiger partial charge is 0.243 e. The molecule has 0 N–H and O–H groups in total. The van der Waals surface area contributed by atoms with Gasteiger partial charge in [0.05, 0.1) is 6.20 Å². The zero-order chi connectivity index (χ0) is 9.26. The maximum atomic E-state index is 5.83. The van der Waals surface area contributed by atoms with Gasteiger partial charge < -0.3 is 0 Å². The molecule has 1 radical (unpaired) electrons. The molecule has 2 aromatic rings. The van der Waals surface area contributed by atoms with E-state index in [4.69, 9.17) is 23.2 Å². The summed E-state index contributed by atoms with van der Waals surface area (Å²) in [7, 11) is 0. The van der Waals surface area contributed by atoms with Gasteiger partial charge >= 0.3 is 0 Å². The molecule has 0 amide bonds. The van der Waals surface area contributed by atoms with Gasteiger partial charge in [0, 0.05) is 10.6 Å². The Morgan fingerprint density at radius 2 is 2.23 bits per heavy atom. The second kappa shape index (κ2) is 3.66. The molecule has 0 fully saturated rings. The van der Waals surface area contributed by atoms with Crippen molar-refractivity contribution in [1.82, 2.24) is 4.98 Å². The second-order valence-electron chi connectivity index (χ2n) is 2.39. The third kappa shape index (κ3) is 2.02. The van der Waals surface area contributed by atoms with Gasteiger partial charge in [0.2, 0.25) is 0 Å². The van der Waals surface area contributed by atoms with Crippen LogP contribution in [-0.2, 0) is 0 Å². The van der Waals surface area contributed by atoms with Crippen LogP contribution >= 0.6 is 34.5 Å². The fourth-order valence-electron chi connectivity index (χ4n) is 0.941. The fraction of sp³-hybridized carbons (Fsp3) is 0. The van der Waals surface area contributed by atoms with Gasteiger partial charge in [-0.15, -0.1) is 11.3 Å². The van der Waals surface area contributed by atoms with E-state index in [2.05, 4.69) is 11.1 Å². The van der Waals surface area contributed by atoms with Crippen molar-refractivity contribution < 1.29 is 0 Å². The molecule has 65 valence electrons. The summed E-state index contributed by atoms with van der Waals surface area (Å²) in [6.45, 7) is 0. The summed E-state index contributed by atoms with van der Waals surface area (Å²) in [6, 6.07) is 8.41. The van der Waals surface area contributed by atoms with Crippen LogP contribution in [0.5, 0.6) is 0 Å². The standard InChI is InChI=1S/C9H4Cl2NS/c10-7-3-1-2-6(4-7)9-12-5-8(11)13-9/h1,3-5H. The van der Waals surface area contributed by atoms with Crippen LogP contribution in [0.3, 0.4) is 0 Å². The highest BCUT2D eigenvalue weighted by Crippen LogP contribution is 2.28. The van der Waals surface area contributed by atoms with E-state index in [1.54, 1.807) is 18.3 Å². The number of aromatic nitrogens is 1. The van der Waals surface area contributed by atoms with Gasteiger partial charge in [-0.2, -0.15) is 0 Å². The van der Waals surface area contributed by atoms with Crippen molar-refractivity contribution in [1.29, 1.82) is 0 Å². The minimum absolute atomic E-state index is 0.670. The Labute approximate surface area is 90.0 Å². The van der Waals surface area contributed by atoms with Crippen LogP contribution in [0.4, 0.5) is 0 Å². The van der Waals surface area contributed by atoms with Gasteiger partial charge in [0.15, 0.2) is 0 Å². The molecule has 0 unspecified atom stereocenters. The first-order chi connectivity index (χ1) is 6.25. The quantitative estimate of drug-likeness (QED) is 0.722. The summed E-state index contributed by atoms with van der Waals surface area (Å²) in [4.78, 5) is 4.12. The maximum Gasteiger partial charge on any atom is 0.125 e. The van der Waals surface area contributed by atoms with Crippen molar-refractivity contribution >= 4 is 34.5 Å². The minimum atomic E-state index is 0.670. The molecule has 13 heavy (non-hydrogen) atoms. The van der Waals surface area contributed by atoms with E-state index < -0.39 is 0 Å². The van der Waals surface area contributed by atoms with E-state index in [-0.39, 0.29) is 0 Å². The van der Waals surface area contributed by atoms with Crippen LogP contribution in [-0.4, -0.2) is 4.98 Å². The molecule has 1 aromatic heterocycles. The molecule has 0 spiro atoms. The molecule has 1 aromatic carbocycles. The molecule has 0 saturated heterocycles. The molecule has 0 bridgehead atoms. The minimum Gasteiger partial charge on any atom is -0.243 e. The van der Waals surface area contributed by atoms with Crippen molar-refractivity contribution in [2.45, 2.75) is 0 Å². The molecule has 1 nitrogen and oxygen atoms in total. The third-order valence-corrected chi connectivity index (χ3v) is 2.85. The van der Waals surface area contributed by atoms with Crippen LogP contribution in [0.15, 0.2) is 24.4 Å². The number of benzene rings is 1. The zero-order valence-corrected chi connectivity index (χ0v) is 8.75. The summed E-state index contributed by atoms with van der Waals surface area (Å²) < 4.78 is 0.670. The van der Waals surface area contributed by atoms with E-state index in [9.17, 15) is 0 Å². The number of halogens is 2. The Bertz CT molecular complexity index is 425. The molecule has 0 aliphatic rings. The monoisotopic (exact) mass is 228 g/mol. The van der Waals surface area contributed by atoms with Crippen molar-refractivity contribution in [2.75, 3.05) is 0 Å². The molecule has 2 rings (SSSR count). The number of nitrogens with zero attached hydrogens (tertiary/aromatic N) is 1. The number of rotatable bonds is 1. The molecule has 1 heterocycles. The molecular weight excluding hydrogens is 225 g/mol. The predicted octanol–water partition coefficient (Wildman–Crippen LogP) is 3.92. The molecule has 0 saturated carbocycles. The summed E-state index contributed by atoms with van der Waals surface area (Å²) in [5.41, 5.74) is 0.879. The molecule has 4 heteroatoms. The molecule has 0 atom stereocenters. The van der Waals surface area contributed by atoms with Crippen molar-refractivity contribution in [2.24, 2.45) is 0 Å². The van der Waals surface area contributed by atoms with Crippen molar-refractivity contribution in [3.05, 3.63) is 39.8 Å². The second-order valence-corrected chi connectivity index (χ2v) is 4.49. The van der Waals surface area contributed by atoms with Gasteiger partial charge in [-0.05, 0) is 18.2 Å². The lowest BCUT2D eigenvalue weighted by Crippen LogP contribution is -1.74. The lowest BCUT2D eigenvalue weighted by atomic mass is 10.2. The van der Waals surface area contributed by atoms with E-state index in [1.165, 1.54) is 11.3 Å².